The molecule has 0 bridgehead atoms. The summed E-state index contributed by atoms with van der Waals surface area (Å²) in [5.74, 6) is 0.972. The summed E-state index contributed by atoms with van der Waals surface area (Å²) in [5, 5.41) is 0. The first-order valence-corrected chi connectivity index (χ1v) is 7.57. The van der Waals surface area contributed by atoms with E-state index >= 15 is 0 Å². The van der Waals surface area contributed by atoms with Gasteiger partial charge in [0.2, 0.25) is 0 Å². The fourth-order valence-electron chi connectivity index (χ4n) is 2.69. The van der Waals surface area contributed by atoms with E-state index in [2.05, 4.69) is 26.8 Å². The van der Waals surface area contributed by atoms with Crippen LogP contribution in [0.25, 0.3) is 11.3 Å². The van der Waals surface area contributed by atoms with Gasteiger partial charge in [0, 0.05) is 36.8 Å². The summed E-state index contributed by atoms with van der Waals surface area (Å²) in [6.07, 6.45) is 3.61. The zero-order valence-electron chi connectivity index (χ0n) is 12.8. The Kier molecular flexibility index (Phi) is 4.44. The van der Waals surface area contributed by atoms with Crippen molar-refractivity contribution in [2.24, 2.45) is 0 Å². The molecule has 2 heterocycles. The number of nitrogens with zero attached hydrogens (tertiary/aromatic N) is 4. The Morgan fingerprint density at radius 1 is 1.05 bits per heavy atom. The van der Waals surface area contributed by atoms with Crippen molar-refractivity contribution < 1.29 is 4.79 Å². The molecule has 3 rings (SSSR count). The van der Waals surface area contributed by atoms with Crippen molar-refractivity contribution in [2.45, 2.75) is 6.42 Å². The van der Waals surface area contributed by atoms with Crippen molar-refractivity contribution in [3.63, 3.8) is 0 Å². The predicted octanol–water partition coefficient (Wildman–Crippen LogP) is 2.10. The minimum atomic E-state index is 0.675. The summed E-state index contributed by atoms with van der Waals surface area (Å²) >= 11 is 0. The van der Waals surface area contributed by atoms with Crippen LogP contribution in [0, 0.1) is 0 Å². The summed E-state index contributed by atoms with van der Waals surface area (Å²) < 4.78 is 0. The van der Waals surface area contributed by atoms with Gasteiger partial charge in [0.05, 0.1) is 5.69 Å². The molecule has 2 aromatic rings. The first-order chi connectivity index (χ1) is 10.8. The van der Waals surface area contributed by atoms with Crippen LogP contribution in [-0.2, 0) is 0 Å². The third-order valence-corrected chi connectivity index (χ3v) is 4.04. The molecule has 0 saturated carbocycles. The van der Waals surface area contributed by atoms with Gasteiger partial charge in [-0.25, -0.2) is 9.97 Å². The molecule has 1 aliphatic rings. The number of rotatable bonds is 3. The van der Waals surface area contributed by atoms with E-state index in [1.165, 1.54) is 0 Å². The molecule has 1 aromatic carbocycles. The van der Waals surface area contributed by atoms with E-state index in [1.807, 2.05) is 30.3 Å². The smallest absolute Gasteiger partial charge is 0.150 e. The highest BCUT2D eigenvalue weighted by atomic mass is 16.1. The number of carbonyl (C=O) groups is 1. The highest BCUT2D eigenvalue weighted by Crippen LogP contribution is 2.21. The molecule has 0 radical (unpaired) electrons. The lowest BCUT2D eigenvalue weighted by Gasteiger charge is -2.21. The summed E-state index contributed by atoms with van der Waals surface area (Å²) in [6, 6.07) is 9.50. The van der Waals surface area contributed by atoms with Gasteiger partial charge in [-0.1, -0.05) is 24.3 Å². The second kappa shape index (κ2) is 6.66. The number of aromatic nitrogens is 2. The number of anilines is 1. The summed E-state index contributed by atoms with van der Waals surface area (Å²) in [7, 11) is 2.16. The van der Waals surface area contributed by atoms with E-state index in [4.69, 9.17) is 0 Å². The Hall–Kier alpha value is -2.27. The topological polar surface area (TPSA) is 49.3 Å². The molecule has 0 spiro atoms. The Balaban J connectivity index is 1.83. The fourth-order valence-corrected chi connectivity index (χ4v) is 2.69. The molecule has 5 nitrogen and oxygen atoms in total. The van der Waals surface area contributed by atoms with Crippen LogP contribution in [-0.4, -0.2) is 54.4 Å². The summed E-state index contributed by atoms with van der Waals surface area (Å²) in [6.45, 7) is 4.18. The second-order valence-electron chi connectivity index (χ2n) is 5.65. The van der Waals surface area contributed by atoms with Gasteiger partial charge >= 0.3 is 0 Å². The number of aldehydes is 1. The molecule has 0 atom stereocenters. The maximum Gasteiger partial charge on any atom is 0.150 e. The first kappa shape index (κ1) is 14.7. The monoisotopic (exact) mass is 296 g/mol. The van der Waals surface area contributed by atoms with Crippen molar-refractivity contribution in [3.05, 3.63) is 42.2 Å². The molecule has 0 aliphatic carbocycles. The van der Waals surface area contributed by atoms with Crippen molar-refractivity contribution in [3.8, 4) is 11.3 Å². The van der Waals surface area contributed by atoms with E-state index in [0.29, 0.717) is 5.56 Å². The molecule has 0 unspecified atom stereocenters. The third-order valence-electron chi connectivity index (χ3n) is 4.04. The molecule has 0 amide bonds. The lowest BCUT2D eigenvalue weighted by molar-refractivity contribution is 0.112. The van der Waals surface area contributed by atoms with E-state index in [0.717, 1.165) is 56.0 Å². The molecule has 0 N–H and O–H groups in total. The van der Waals surface area contributed by atoms with E-state index in [1.54, 1.807) is 6.33 Å². The van der Waals surface area contributed by atoms with Crippen LogP contribution in [0.3, 0.4) is 0 Å². The average Bonchev–Trinajstić information content (AvgIpc) is 2.80. The Bertz CT molecular complexity index is 641. The number of hydrogen-bond donors (Lipinski definition) is 0. The van der Waals surface area contributed by atoms with E-state index in [9.17, 15) is 4.79 Å². The maximum absolute atomic E-state index is 10.7. The average molecular weight is 296 g/mol. The van der Waals surface area contributed by atoms with Crippen LogP contribution in [0.1, 0.15) is 16.8 Å². The van der Waals surface area contributed by atoms with Gasteiger partial charge in [-0.2, -0.15) is 0 Å². The summed E-state index contributed by atoms with van der Waals surface area (Å²) in [5.41, 5.74) is 2.56. The Morgan fingerprint density at radius 2 is 1.86 bits per heavy atom. The first-order valence-electron chi connectivity index (χ1n) is 7.57. The zero-order chi connectivity index (χ0) is 15.4. The molecule has 1 saturated heterocycles. The molecule has 22 heavy (non-hydrogen) atoms. The van der Waals surface area contributed by atoms with Crippen LogP contribution in [0.2, 0.25) is 0 Å². The Morgan fingerprint density at radius 3 is 2.64 bits per heavy atom. The molecule has 1 aromatic heterocycles. The molecule has 1 fully saturated rings. The Labute approximate surface area is 130 Å². The number of carbonyl (C=O) groups excluding carboxylic acids is 1. The predicted molar refractivity (Wildman–Crippen MR) is 87.2 cm³/mol. The standard InChI is InChI=1S/C17H20N4O/c1-20-7-2-8-21(10-9-20)17-11-16(18-13-19-17)15-5-3-14(12-22)4-6-15/h3-6,11-13H,2,7-10H2,1H3. The van der Waals surface area contributed by atoms with Crippen molar-refractivity contribution >= 4 is 12.1 Å². The molecule has 1 aliphatic heterocycles. The molecular formula is C17H20N4O. The lowest BCUT2D eigenvalue weighted by atomic mass is 10.1. The second-order valence-corrected chi connectivity index (χ2v) is 5.65. The third kappa shape index (κ3) is 3.31. The molecule has 114 valence electrons. The van der Waals surface area contributed by atoms with Gasteiger partial charge in [0.1, 0.15) is 18.4 Å². The largest absolute Gasteiger partial charge is 0.355 e. The minimum absolute atomic E-state index is 0.675. The highest BCUT2D eigenvalue weighted by molar-refractivity contribution is 5.76. The lowest BCUT2D eigenvalue weighted by Crippen LogP contribution is -2.29. The van der Waals surface area contributed by atoms with Crippen LogP contribution in [0.4, 0.5) is 5.82 Å². The van der Waals surface area contributed by atoms with E-state index in [-0.39, 0.29) is 0 Å². The normalized spacial score (nSPS) is 16.3. The van der Waals surface area contributed by atoms with Crippen LogP contribution >= 0.6 is 0 Å². The van der Waals surface area contributed by atoms with Crippen LogP contribution < -0.4 is 4.90 Å². The van der Waals surface area contributed by atoms with Crippen molar-refractivity contribution in [2.75, 3.05) is 38.1 Å². The van der Waals surface area contributed by atoms with Crippen LogP contribution in [0.5, 0.6) is 0 Å². The summed E-state index contributed by atoms with van der Waals surface area (Å²) in [4.78, 5) is 24.2. The maximum atomic E-state index is 10.7. The quantitative estimate of drug-likeness (QED) is 0.812. The molecular weight excluding hydrogens is 276 g/mol. The van der Waals surface area contributed by atoms with Gasteiger partial charge < -0.3 is 9.80 Å². The highest BCUT2D eigenvalue weighted by Gasteiger charge is 2.14. The van der Waals surface area contributed by atoms with Gasteiger partial charge in [-0.05, 0) is 20.0 Å². The van der Waals surface area contributed by atoms with Crippen LogP contribution in [0.15, 0.2) is 36.7 Å². The van der Waals surface area contributed by atoms with Gasteiger partial charge in [-0.15, -0.1) is 0 Å². The number of benzene rings is 1. The minimum Gasteiger partial charge on any atom is -0.355 e. The number of likely N-dealkylation sites (N-methyl/N-ethyl adjacent to an activating group) is 1. The van der Waals surface area contributed by atoms with E-state index < -0.39 is 0 Å². The molecule has 5 heteroatoms. The van der Waals surface area contributed by atoms with Gasteiger partial charge in [0.15, 0.2) is 0 Å². The van der Waals surface area contributed by atoms with Gasteiger partial charge in [0.25, 0.3) is 0 Å². The van der Waals surface area contributed by atoms with Crippen molar-refractivity contribution in [1.82, 2.24) is 14.9 Å². The van der Waals surface area contributed by atoms with Gasteiger partial charge in [-0.3, -0.25) is 4.79 Å². The number of hydrogen-bond acceptors (Lipinski definition) is 5. The zero-order valence-corrected chi connectivity index (χ0v) is 12.8. The fraction of sp³-hybridized carbons (Fsp3) is 0.353. The SMILES string of the molecule is CN1CCCN(c2cc(-c3ccc(C=O)cc3)ncn2)CC1. The van der Waals surface area contributed by atoms with Crippen molar-refractivity contribution in [1.29, 1.82) is 0 Å².